The van der Waals surface area contributed by atoms with Gasteiger partial charge < -0.3 is 20.4 Å². The van der Waals surface area contributed by atoms with E-state index in [1.807, 2.05) is 19.2 Å². The summed E-state index contributed by atoms with van der Waals surface area (Å²) in [6.07, 6.45) is 4.84. The van der Waals surface area contributed by atoms with Gasteiger partial charge in [-0.05, 0) is 70.1 Å². The average Bonchev–Trinajstić information content (AvgIpc) is 3.47. The molecule has 1 saturated carbocycles. The molecule has 2 aliphatic rings. The van der Waals surface area contributed by atoms with E-state index in [0.29, 0.717) is 0 Å². The Morgan fingerprint density at radius 1 is 1.18 bits per heavy atom. The lowest BCUT2D eigenvalue weighted by Gasteiger charge is -2.21. The summed E-state index contributed by atoms with van der Waals surface area (Å²) in [5, 5.41) is 7.81. The second kappa shape index (κ2) is 11.6. The second-order valence-corrected chi connectivity index (χ2v) is 8.43. The molecule has 5 nitrogen and oxygen atoms in total. The van der Waals surface area contributed by atoms with Crippen LogP contribution in [0.15, 0.2) is 29.3 Å². The number of aliphatic imine (C=N–C) groups is 1. The molecule has 28 heavy (non-hydrogen) atoms. The fraction of sp³-hybridized carbons (Fsp3) is 0.667. The van der Waals surface area contributed by atoms with Gasteiger partial charge in [0.05, 0.1) is 0 Å². The van der Waals surface area contributed by atoms with Crippen LogP contribution in [0.3, 0.4) is 0 Å². The number of nitrogens with one attached hydrogen (secondary N) is 2. The Bertz CT molecular complexity index is 635. The molecular formula is C21H35ClIN5. The molecule has 1 saturated heterocycles. The van der Waals surface area contributed by atoms with Crippen LogP contribution >= 0.6 is 35.6 Å². The van der Waals surface area contributed by atoms with Crippen LogP contribution in [0.2, 0.25) is 5.02 Å². The fourth-order valence-corrected chi connectivity index (χ4v) is 4.03. The maximum absolute atomic E-state index is 6.17. The van der Waals surface area contributed by atoms with Gasteiger partial charge in [-0.25, -0.2) is 0 Å². The summed E-state index contributed by atoms with van der Waals surface area (Å²) in [5.74, 6) is 0.902. The van der Waals surface area contributed by atoms with Crippen LogP contribution in [0.1, 0.15) is 31.2 Å². The molecule has 3 rings (SSSR count). The molecule has 0 unspecified atom stereocenters. The number of nitrogens with zero attached hydrogens (tertiary/aromatic N) is 3. The molecule has 0 bridgehead atoms. The van der Waals surface area contributed by atoms with Gasteiger partial charge in [-0.15, -0.1) is 24.0 Å². The van der Waals surface area contributed by atoms with Crippen LogP contribution in [-0.4, -0.2) is 75.7 Å². The van der Waals surface area contributed by atoms with Crippen LogP contribution < -0.4 is 10.6 Å². The first kappa shape index (κ1) is 23.7. The van der Waals surface area contributed by atoms with Crippen LogP contribution in [0, 0.1) is 0 Å². The molecule has 0 spiro atoms. The minimum absolute atomic E-state index is 0. The molecule has 1 aliphatic heterocycles. The first-order valence-corrected chi connectivity index (χ1v) is 10.6. The highest BCUT2D eigenvalue weighted by atomic mass is 127. The lowest BCUT2D eigenvalue weighted by atomic mass is 9.96. The van der Waals surface area contributed by atoms with Crippen LogP contribution in [0.5, 0.6) is 0 Å². The van der Waals surface area contributed by atoms with Crippen molar-refractivity contribution >= 4 is 41.5 Å². The molecule has 2 N–H and O–H groups in total. The molecule has 1 aliphatic carbocycles. The van der Waals surface area contributed by atoms with Crippen LogP contribution in [-0.2, 0) is 5.41 Å². The molecule has 0 atom stereocenters. The van der Waals surface area contributed by atoms with Gasteiger partial charge in [0, 0.05) is 43.7 Å². The number of hydrogen-bond acceptors (Lipinski definition) is 3. The number of halogens is 2. The third kappa shape index (κ3) is 7.04. The summed E-state index contributed by atoms with van der Waals surface area (Å²) in [7, 11) is 4.07. The predicted octanol–water partition coefficient (Wildman–Crippen LogP) is 3.18. The van der Waals surface area contributed by atoms with Crippen molar-refractivity contribution in [1.29, 1.82) is 0 Å². The van der Waals surface area contributed by atoms with E-state index in [9.17, 15) is 0 Å². The average molecular weight is 520 g/mol. The quantitative estimate of drug-likeness (QED) is 0.251. The first-order chi connectivity index (χ1) is 13.1. The van der Waals surface area contributed by atoms with Gasteiger partial charge in [0.1, 0.15) is 0 Å². The largest absolute Gasteiger partial charge is 0.356 e. The van der Waals surface area contributed by atoms with E-state index < -0.39 is 0 Å². The first-order valence-electron chi connectivity index (χ1n) is 10.2. The minimum Gasteiger partial charge on any atom is -0.356 e. The molecule has 0 aromatic heterocycles. The number of rotatable bonds is 7. The summed E-state index contributed by atoms with van der Waals surface area (Å²) in [5.41, 5.74) is 1.56. The topological polar surface area (TPSA) is 42.9 Å². The molecule has 7 heteroatoms. The Labute approximate surface area is 192 Å². The van der Waals surface area contributed by atoms with Gasteiger partial charge in [-0.2, -0.15) is 0 Å². The highest BCUT2D eigenvalue weighted by Gasteiger charge is 2.44. The lowest BCUT2D eigenvalue weighted by Crippen LogP contribution is -2.42. The number of benzene rings is 1. The zero-order valence-corrected chi connectivity index (χ0v) is 20.3. The van der Waals surface area contributed by atoms with E-state index in [1.54, 1.807) is 0 Å². The highest BCUT2D eigenvalue weighted by Crippen LogP contribution is 2.48. The molecule has 0 radical (unpaired) electrons. The van der Waals surface area contributed by atoms with Crippen LogP contribution in [0.4, 0.5) is 0 Å². The van der Waals surface area contributed by atoms with Crippen molar-refractivity contribution in [3.63, 3.8) is 0 Å². The van der Waals surface area contributed by atoms with Crippen molar-refractivity contribution < 1.29 is 0 Å². The smallest absolute Gasteiger partial charge is 0.191 e. The molecular weight excluding hydrogens is 485 g/mol. The second-order valence-electron chi connectivity index (χ2n) is 8.00. The third-order valence-electron chi connectivity index (χ3n) is 5.86. The number of likely N-dealkylation sites (N-methyl/N-ethyl adjacent to an activating group) is 1. The number of guanidine groups is 1. The van der Waals surface area contributed by atoms with Crippen molar-refractivity contribution in [2.24, 2.45) is 4.99 Å². The Morgan fingerprint density at radius 2 is 2.00 bits per heavy atom. The van der Waals surface area contributed by atoms with Crippen molar-refractivity contribution in [1.82, 2.24) is 20.4 Å². The van der Waals surface area contributed by atoms with Gasteiger partial charge >= 0.3 is 0 Å². The summed E-state index contributed by atoms with van der Waals surface area (Å²) in [6.45, 7) is 7.83. The predicted molar refractivity (Wildman–Crippen MR) is 130 cm³/mol. The zero-order chi connectivity index (χ0) is 19.1. The van der Waals surface area contributed by atoms with Gasteiger partial charge in [0.25, 0.3) is 0 Å². The van der Waals surface area contributed by atoms with Crippen molar-refractivity contribution in [2.75, 3.05) is 59.9 Å². The third-order valence-corrected chi connectivity index (χ3v) is 6.10. The van der Waals surface area contributed by atoms with E-state index in [0.717, 1.165) is 37.0 Å². The standard InChI is InChI=1S/C21H34ClN5.HI/c1-23-20(24-10-4-12-27-13-5-11-26(2)14-15-27)25-17-21(8-9-21)18-6-3-7-19(22)16-18;/h3,6-7,16H,4-5,8-15,17H2,1-2H3,(H2,23,24,25);1H. The molecule has 158 valence electrons. The maximum Gasteiger partial charge on any atom is 0.191 e. The summed E-state index contributed by atoms with van der Waals surface area (Å²) in [6, 6.07) is 8.28. The van der Waals surface area contributed by atoms with Gasteiger partial charge in [-0.3, -0.25) is 4.99 Å². The van der Waals surface area contributed by atoms with E-state index in [1.165, 1.54) is 51.0 Å². The Kier molecular flexibility index (Phi) is 9.80. The minimum atomic E-state index is 0. The van der Waals surface area contributed by atoms with Crippen molar-refractivity contribution in [3.05, 3.63) is 34.9 Å². The molecule has 2 fully saturated rings. The summed E-state index contributed by atoms with van der Waals surface area (Å²) in [4.78, 5) is 9.40. The molecule has 1 heterocycles. The van der Waals surface area contributed by atoms with E-state index in [-0.39, 0.29) is 29.4 Å². The lowest BCUT2D eigenvalue weighted by molar-refractivity contribution is 0.274. The summed E-state index contributed by atoms with van der Waals surface area (Å²) >= 11 is 6.17. The Balaban J connectivity index is 0.00000280. The van der Waals surface area contributed by atoms with Crippen molar-refractivity contribution in [2.45, 2.75) is 31.1 Å². The molecule has 0 amide bonds. The number of hydrogen-bond donors (Lipinski definition) is 2. The normalized spacial score (nSPS) is 20.2. The van der Waals surface area contributed by atoms with E-state index in [2.05, 4.69) is 44.6 Å². The van der Waals surface area contributed by atoms with Gasteiger partial charge in [-0.1, -0.05) is 23.7 Å². The molecule has 1 aromatic rings. The van der Waals surface area contributed by atoms with Gasteiger partial charge in [0.2, 0.25) is 0 Å². The SMILES string of the molecule is CN=C(NCCCN1CCCN(C)CC1)NCC1(c2cccc(Cl)c2)CC1.I. The monoisotopic (exact) mass is 519 g/mol. The van der Waals surface area contributed by atoms with Crippen molar-refractivity contribution in [3.8, 4) is 0 Å². The van der Waals surface area contributed by atoms with E-state index >= 15 is 0 Å². The van der Waals surface area contributed by atoms with Gasteiger partial charge in [0.15, 0.2) is 5.96 Å². The zero-order valence-electron chi connectivity index (χ0n) is 17.2. The van der Waals surface area contributed by atoms with E-state index in [4.69, 9.17) is 11.6 Å². The maximum atomic E-state index is 6.17. The molecule has 1 aromatic carbocycles. The Hall–Kier alpha value is -0.570. The Morgan fingerprint density at radius 3 is 2.71 bits per heavy atom. The highest BCUT2D eigenvalue weighted by molar-refractivity contribution is 14.0. The summed E-state index contributed by atoms with van der Waals surface area (Å²) < 4.78 is 0. The fourth-order valence-electron chi connectivity index (χ4n) is 3.84. The van der Waals surface area contributed by atoms with Crippen LogP contribution in [0.25, 0.3) is 0 Å².